The summed E-state index contributed by atoms with van der Waals surface area (Å²) >= 11 is 0. The first-order chi connectivity index (χ1) is 8.26. The van der Waals surface area contributed by atoms with Gasteiger partial charge in [0.15, 0.2) is 17.3 Å². The van der Waals surface area contributed by atoms with Crippen LogP contribution in [0.3, 0.4) is 0 Å². The van der Waals surface area contributed by atoms with Gasteiger partial charge < -0.3 is 15.2 Å². The van der Waals surface area contributed by atoms with Crippen molar-refractivity contribution < 1.29 is 14.3 Å². The Morgan fingerprint density at radius 2 is 2.06 bits per heavy atom. The van der Waals surface area contributed by atoms with Crippen molar-refractivity contribution in [1.29, 1.82) is 0 Å². The summed E-state index contributed by atoms with van der Waals surface area (Å²) in [7, 11) is 0. The smallest absolute Gasteiger partial charge is 0.167 e. The molecule has 1 aliphatic rings. The number of hydrogen-bond donors (Lipinski definition) is 1. The number of carbonyl (C=O) groups is 1. The van der Waals surface area contributed by atoms with Gasteiger partial charge in [0, 0.05) is 18.0 Å². The lowest BCUT2D eigenvalue weighted by atomic mass is 9.95. The van der Waals surface area contributed by atoms with Crippen molar-refractivity contribution in [2.45, 2.75) is 13.3 Å². The summed E-state index contributed by atoms with van der Waals surface area (Å²) < 4.78 is 10.9. The van der Waals surface area contributed by atoms with E-state index in [4.69, 9.17) is 15.2 Å². The minimum Gasteiger partial charge on any atom is -0.486 e. The second-order valence-corrected chi connectivity index (χ2v) is 4.06. The molecule has 1 aromatic rings. The van der Waals surface area contributed by atoms with E-state index >= 15 is 0 Å². The van der Waals surface area contributed by atoms with Gasteiger partial charge in [-0.05, 0) is 24.6 Å². The molecule has 2 rings (SSSR count). The lowest BCUT2D eigenvalue weighted by Crippen LogP contribution is -2.23. The van der Waals surface area contributed by atoms with Crippen molar-refractivity contribution in [3.63, 3.8) is 0 Å². The van der Waals surface area contributed by atoms with E-state index < -0.39 is 0 Å². The van der Waals surface area contributed by atoms with Crippen molar-refractivity contribution in [2.24, 2.45) is 11.7 Å². The lowest BCUT2D eigenvalue weighted by Gasteiger charge is -2.19. The Labute approximate surface area is 101 Å². The number of hydrogen-bond acceptors (Lipinski definition) is 4. The zero-order valence-electron chi connectivity index (χ0n) is 9.94. The predicted octanol–water partition coefficient (Wildman–Crippen LogP) is 1.63. The first kappa shape index (κ1) is 11.9. The molecule has 2 N–H and O–H groups in total. The van der Waals surface area contributed by atoms with Crippen LogP contribution in [0.25, 0.3) is 0 Å². The van der Waals surface area contributed by atoms with E-state index in [0.717, 1.165) is 6.42 Å². The van der Waals surface area contributed by atoms with Crippen LogP contribution in [0.1, 0.15) is 23.7 Å². The van der Waals surface area contributed by atoms with Crippen LogP contribution < -0.4 is 15.2 Å². The van der Waals surface area contributed by atoms with Crippen LogP contribution in [0.2, 0.25) is 0 Å². The molecule has 0 spiro atoms. The van der Waals surface area contributed by atoms with Crippen molar-refractivity contribution in [3.8, 4) is 11.5 Å². The molecule has 0 aliphatic carbocycles. The van der Waals surface area contributed by atoms with Crippen LogP contribution in [-0.4, -0.2) is 25.5 Å². The third kappa shape index (κ3) is 2.42. The largest absolute Gasteiger partial charge is 0.486 e. The van der Waals surface area contributed by atoms with Gasteiger partial charge in [-0.1, -0.05) is 6.92 Å². The Hall–Kier alpha value is -1.55. The molecule has 1 atom stereocenters. The number of ketones is 1. The standard InChI is InChI=1S/C13H17NO3/c1-2-9(8-14)13(15)10-3-4-11-12(7-10)17-6-5-16-11/h3-4,7,9H,2,5-6,8,14H2,1H3. The number of nitrogens with two attached hydrogens (primary N) is 1. The van der Waals surface area contributed by atoms with E-state index in [1.807, 2.05) is 6.92 Å². The first-order valence-electron chi connectivity index (χ1n) is 5.90. The molecule has 1 aliphatic heterocycles. The van der Waals surface area contributed by atoms with E-state index in [0.29, 0.717) is 36.8 Å². The van der Waals surface area contributed by atoms with Crippen molar-refractivity contribution in [2.75, 3.05) is 19.8 Å². The van der Waals surface area contributed by atoms with Gasteiger partial charge in [-0.25, -0.2) is 0 Å². The van der Waals surface area contributed by atoms with Crippen LogP contribution in [0.15, 0.2) is 18.2 Å². The van der Waals surface area contributed by atoms with E-state index in [-0.39, 0.29) is 11.7 Å². The van der Waals surface area contributed by atoms with Gasteiger partial charge in [0.25, 0.3) is 0 Å². The Balaban J connectivity index is 2.24. The van der Waals surface area contributed by atoms with E-state index in [2.05, 4.69) is 0 Å². The van der Waals surface area contributed by atoms with Crippen LogP contribution in [0.4, 0.5) is 0 Å². The monoisotopic (exact) mass is 235 g/mol. The van der Waals surface area contributed by atoms with E-state index in [1.54, 1.807) is 18.2 Å². The summed E-state index contributed by atoms with van der Waals surface area (Å²) in [6.07, 6.45) is 0.754. The zero-order chi connectivity index (χ0) is 12.3. The Morgan fingerprint density at radius 3 is 2.71 bits per heavy atom. The molecule has 0 amide bonds. The van der Waals surface area contributed by atoms with Gasteiger partial charge in [0.1, 0.15) is 13.2 Å². The van der Waals surface area contributed by atoms with Crippen LogP contribution >= 0.6 is 0 Å². The molecular weight excluding hydrogens is 218 g/mol. The highest BCUT2D eigenvalue weighted by molar-refractivity contribution is 5.98. The number of rotatable bonds is 4. The maximum absolute atomic E-state index is 12.1. The Morgan fingerprint density at radius 1 is 1.35 bits per heavy atom. The average Bonchev–Trinajstić information content (AvgIpc) is 2.39. The first-order valence-corrected chi connectivity index (χ1v) is 5.90. The second kappa shape index (κ2) is 5.19. The molecule has 0 bridgehead atoms. The normalized spacial score (nSPS) is 15.4. The average molecular weight is 235 g/mol. The van der Waals surface area contributed by atoms with Crippen LogP contribution in [0.5, 0.6) is 11.5 Å². The van der Waals surface area contributed by atoms with Gasteiger partial charge >= 0.3 is 0 Å². The fraction of sp³-hybridized carbons (Fsp3) is 0.462. The van der Waals surface area contributed by atoms with Gasteiger partial charge in [0.2, 0.25) is 0 Å². The molecule has 0 saturated heterocycles. The third-order valence-corrected chi connectivity index (χ3v) is 2.97. The maximum Gasteiger partial charge on any atom is 0.167 e. The molecular formula is C13H17NO3. The molecule has 0 radical (unpaired) electrons. The molecule has 4 heteroatoms. The summed E-state index contributed by atoms with van der Waals surface area (Å²) in [5, 5.41) is 0. The van der Waals surface area contributed by atoms with Crippen molar-refractivity contribution in [1.82, 2.24) is 0 Å². The third-order valence-electron chi connectivity index (χ3n) is 2.97. The van der Waals surface area contributed by atoms with Gasteiger partial charge in [-0.2, -0.15) is 0 Å². The second-order valence-electron chi connectivity index (χ2n) is 4.06. The van der Waals surface area contributed by atoms with Gasteiger partial charge in [0.05, 0.1) is 0 Å². The number of Topliss-reactive ketones (excluding diaryl/α,β-unsaturated/α-hetero) is 1. The van der Waals surface area contributed by atoms with Crippen LogP contribution in [-0.2, 0) is 0 Å². The molecule has 0 aromatic heterocycles. The van der Waals surface area contributed by atoms with Crippen LogP contribution in [0, 0.1) is 5.92 Å². The molecule has 4 nitrogen and oxygen atoms in total. The summed E-state index contributed by atoms with van der Waals surface area (Å²) in [6, 6.07) is 5.30. The highest BCUT2D eigenvalue weighted by atomic mass is 16.6. The van der Waals surface area contributed by atoms with E-state index in [1.165, 1.54) is 0 Å². The highest BCUT2D eigenvalue weighted by Crippen LogP contribution is 2.31. The SMILES string of the molecule is CCC(CN)C(=O)c1ccc2c(c1)OCCO2. The van der Waals surface area contributed by atoms with Gasteiger partial charge in [-0.3, -0.25) is 4.79 Å². The summed E-state index contributed by atoms with van der Waals surface area (Å²) in [5.74, 6) is 1.31. The highest BCUT2D eigenvalue weighted by Gasteiger charge is 2.19. The predicted molar refractivity (Wildman–Crippen MR) is 64.6 cm³/mol. The summed E-state index contributed by atoms with van der Waals surface area (Å²) in [4.78, 5) is 12.1. The van der Waals surface area contributed by atoms with Crippen molar-refractivity contribution in [3.05, 3.63) is 23.8 Å². The molecule has 0 fully saturated rings. The quantitative estimate of drug-likeness (QED) is 0.806. The van der Waals surface area contributed by atoms with Gasteiger partial charge in [-0.15, -0.1) is 0 Å². The van der Waals surface area contributed by atoms with Crippen molar-refractivity contribution >= 4 is 5.78 Å². The number of ether oxygens (including phenoxy) is 2. The topological polar surface area (TPSA) is 61.6 Å². The fourth-order valence-electron chi connectivity index (χ4n) is 1.89. The van der Waals surface area contributed by atoms with E-state index in [9.17, 15) is 4.79 Å². The number of fused-ring (bicyclic) bond motifs is 1. The molecule has 1 heterocycles. The lowest BCUT2D eigenvalue weighted by molar-refractivity contribution is 0.0920. The fourth-order valence-corrected chi connectivity index (χ4v) is 1.89. The summed E-state index contributed by atoms with van der Waals surface area (Å²) in [6.45, 7) is 3.43. The Bertz CT molecular complexity index is 413. The molecule has 1 aromatic carbocycles. The minimum absolute atomic E-state index is 0.0759. The number of benzene rings is 1. The molecule has 92 valence electrons. The Kier molecular flexibility index (Phi) is 3.64. The number of carbonyl (C=O) groups excluding carboxylic acids is 1. The summed E-state index contributed by atoms with van der Waals surface area (Å²) in [5.41, 5.74) is 6.23. The molecule has 0 saturated carbocycles. The molecule has 1 unspecified atom stereocenters. The maximum atomic E-state index is 12.1. The molecule has 17 heavy (non-hydrogen) atoms. The minimum atomic E-state index is -0.113. The zero-order valence-corrected chi connectivity index (χ0v) is 9.94.